The molecule has 1 aromatic carbocycles. The zero-order valence-corrected chi connectivity index (χ0v) is 15.7. The summed E-state index contributed by atoms with van der Waals surface area (Å²) in [4.78, 5) is 13.9. The largest absolute Gasteiger partial charge is 0.493 e. The Balaban J connectivity index is 1.80. The van der Waals surface area contributed by atoms with Crippen molar-refractivity contribution in [2.24, 2.45) is 5.73 Å². The van der Waals surface area contributed by atoms with Crippen molar-refractivity contribution in [2.75, 3.05) is 26.3 Å². The Morgan fingerprint density at radius 3 is 2.84 bits per heavy atom. The molecule has 2 N–H and O–H groups in total. The molecule has 1 aliphatic rings. The Hall–Kier alpha value is -1.79. The van der Waals surface area contributed by atoms with Gasteiger partial charge in [-0.15, -0.1) is 0 Å². The molecule has 0 radical (unpaired) electrons. The first-order valence-corrected chi connectivity index (χ1v) is 8.80. The molecule has 1 aromatic rings. The molecule has 1 saturated heterocycles. The lowest BCUT2D eigenvalue weighted by Gasteiger charge is -2.34. The first-order chi connectivity index (χ1) is 11.8. The van der Waals surface area contributed by atoms with Gasteiger partial charge in [0.05, 0.1) is 25.9 Å². The summed E-state index contributed by atoms with van der Waals surface area (Å²) in [6.45, 7) is 10.3. The van der Waals surface area contributed by atoms with Gasteiger partial charge in [0.2, 0.25) is 0 Å². The monoisotopic (exact) mass is 350 g/mol. The summed E-state index contributed by atoms with van der Waals surface area (Å²) in [5, 5.41) is 0. The second kappa shape index (κ2) is 8.54. The van der Waals surface area contributed by atoms with E-state index in [0.29, 0.717) is 39.3 Å². The van der Waals surface area contributed by atoms with Gasteiger partial charge in [-0.1, -0.05) is 6.07 Å². The Morgan fingerprint density at radius 2 is 2.16 bits per heavy atom. The van der Waals surface area contributed by atoms with E-state index in [1.165, 1.54) is 5.56 Å². The summed E-state index contributed by atoms with van der Waals surface area (Å²) in [6, 6.07) is 5.94. The third-order valence-electron chi connectivity index (χ3n) is 4.04. The number of rotatable bonds is 5. The highest BCUT2D eigenvalue weighted by Crippen LogP contribution is 2.18. The predicted octanol–water partition coefficient (Wildman–Crippen LogP) is 2.86. The number of carbonyl (C=O) groups is 1. The van der Waals surface area contributed by atoms with E-state index in [2.05, 4.69) is 0 Å². The van der Waals surface area contributed by atoms with E-state index >= 15 is 0 Å². The van der Waals surface area contributed by atoms with Gasteiger partial charge < -0.3 is 24.8 Å². The van der Waals surface area contributed by atoms with Crippen LogP contribution >= 0.6 is 0 Å². The standard InChI is InChI=1S/C19H30N2O4/c1-14-5-6-16(11-15(14)12-20)23-9-7-17-13-21(8-10-24-17)18(22)25-19(2,3)4/h5-6,11,17H,7-10,12-13,20H2,1-4H3. The van der Waals surface area contributed by atoms with Crippen LogP contribution in [0, 0.1) is 6.92 Å². The number of carbonyl (C=O) groups excluding carboxylic acids is 1. The van der Waals surface area contributed by atoms with Crippen molar-refractivity contribution in [1.82, 2.24) is 4.90 Å². The van der Waals surface area contributed by atoms with Gasteiger partial charge in [-0.3, -0.25) is 0 Å². The van der Waals surface area contributed by atoms with Gasteiger partial charge in [0, 0.05) is 19.5 Å². The molecule has 0 aliphatic carbocycles. The summed E-state index contributed by atoms with van der Waals surface area (Å²) < 4.78 is 17.0. The normalized spacial score (nSPS) is 18.1. The Bertz CT molecular complexity index is 583. The molecule has 0 saturated carbocycles. The Kier molecular flexibility index (Phi) is 6.67. The van der Waals surface area contributed by atoms with Crippen LogP contribution in [0.1, 0.15) is 38.3 Å². The van der Waals surface area contributed by atoms with Gasteiger partial charge >= 0.3 is 6.09 Å². The van der Waals surface area contributed by atoms with Gasteiger partial charge in [0.15, 0.2) is 0 Å². The first-order valence-electron chi connectivity index (χ1n) is 8.80. The fourth-order valence-corrected chi connectivity index (χ4v) is 2.65. The minimum atomic E-state index is -0.486. The number of morpholine rings is 1. The van der Waals surface area contributed by atoms with Crippen LogP contribution in [-0.4, -0.2) is 49.0 Å². The van der Waals surface area contributed by atoms with Crippen LogP contribution in [0.5, 0.6) is 5.75 Å². The zero-order valence-electron chi connectivity index (χ0n) is 15.7. The minimum Gasteiger partial charge on any atom is -0.493 e. The Labute approximate surface area is 150 Å². The van der Waals surface area contributed by atoms with Crippen LogP contribution in [0.2, 0.25) is 0 Å². The number of ether oxygens (including phenoxy) is 3. The second-order valence-electron chi connectivity index (χ2n) is 7.35. The zero-order chi connectivity index (χ0) is 18.4. The molecule has 1 heterocycles. The summed E-state index contributed by atoms with van der Waals surface area (Å²) in [5.41, 5.74) is 7.49. The number of nitrogens with zero attached hydrogens (tertiary/aromatic N) is 1. The highest BCUT2D eigenvalue weighted by atomic mass is 16.6. The smallest absolute Gasteiger partial charge is 0.410 e. The van der Waals surface area contributed by atoms with Crippen LogP contribution in [0.15, 0.2) is 18.2 Å². The van der Waals surface area contributed by atoms with Crippen molar-refractivity contribution in [3.8, 4) is 5.75 Å². The molecule has 1 unspecified atom stereocenters. The molecule has 6 nitrogen and oxygen atoms in total. The maximum absolute atomic E-state index is 12.2. The lowest BCUT2D eigenvalue weighted by molar-refractivity contribution is -0.0477. The van der Waals surface area contributed by atoms with Crippen molar-refractivity contribution >= 4 is 6.09 Å². The quantitative estimate of drug-likeness (QED) is 0.884. The van der Waals surface area contributed by atoms with E-state index in [9.17, 15) is 4.79 Å². The Morgan fingerprint density at radius 1 is 1.40 bits per heavy atom. The average Bonchev–Trinajstić information content (AvgIpc) is 2.55. The molecule has 0 spiro atoms. The molecular formula is C19H30N2O4. The minimum absolute atomic E-state index is 0.0410. The predicted molar refractivity (Wildman–Crippen MR) is 96.7 cm³/mol. The van der Waals surface area contributed by atoms with E-state index in [1.807, 2.05) is 45.9 Å². The maximum atomic E-state index is 12.2. The van der Waals surface area contributed by atoms with E-state index in [1.54, 1.807) is 4.90 Å². The second-order valence-corrected chi connectivity index (χ2v) is 7.35. The van der Waals surface area contributed by atoms with Gasteiger partial charge in [0.1, 0.15) is 11.4 Å². The summed E-state index contributed by atoms with van der Waals surface area (Å²) in [5.74, 6) is 0.811. The van der Waals surface area contributed by atoms with E-state index in [4.69, 9.17) is 19.9 Å². The molecule has 0 bridgehead atoms. The molecule has 25 heavy (non-hydrogen) atoms. The lowest BCUT2D eigenvalue weighted by Crippen LogP contribution is -2.47. The number of aryl methyl sites for hydroxylation is 1. The van der Waals surface area contributed by atoms with Crippen LogP contribution in [-0.2, 0) is 16.0 Å². The fraction of sp³-hybridized carbons (Fsp3) is 0.632. The molecular weight excluding hydrogens is 320 g/mol. The van der Waals surface area contributed by atoms with Crippen molar-refractivity contribution in [3.05, 3.63) is 29.3 Å². The van der Waals surface area contributed by atoms with Crippen molar-refractivity contribution in [1.29, 1.82) is 0 Å². The first kappa shape index (κ1) is 19.5. The summed E-state index contributed by atoms with van der Waals surface area (Å²) in [6.07, 6.45) is 0.388. The molecule has 1 atom stereocenters. The van der Waals surface area contributed by atoms with Gasteiger partial charge in [-0.2, -0.15) is 0 Å². The molecule has 0 aromatic heterocycles. The van der Waals surface area contributed by atoms with Crippen molar-refractivity contribution in [2.45, 2.75) is 52.4 Å². The number of benzene rings is 1. The van der Waals surface area contributed by atoms with Crippen molar-refractivity contribution in [3.63, 3.8) is 0 Å². The number of hydrogen-bond donors (Lipinski definition) is 1. The van der Waals surface area contributed by atoms with Gasteiger partial charge in [-0.25, -0.2) is 4.79 Å². The number of hydrogen-bond acceptors (Lipinski definition) is 5. The summed E-state index contributed by atoms with van der Waals surface area (Å²) in [7, 11) is 0. The molecule has 1 aliphatic heterocycles. The molecule has 2 rings (SSSR count). The fourth-order valence-electron chi connectivity index (χ4n) is 2.65. The van der Waals surface area contributed by atoms with Crippen LogP contribution < -0.4 is 10.5 Å². The third kappa shape index (κ3) is 6.21. The van der Waals surface area contributed by atoms with E-state index in [-0.39, 0.29) is 12.2 Å². The highest BCUT2D eigenvalue weighted by Gasteiger charge is 2.28. The molecule has 6 heteroatoms. The maximum Gasteiger partial charge on any atom is 0.410 e. The van der Waals surface area contributed by atoms with E-state index in [0.717, 1.165) is 11.3 Å². The summed E-state index contributed by atoms with van der Waals surface area (Å²) >= 11 is 0. The average molecular weight is 350 g/mol. The van der Waals surface area contributed by atoms with Crippen molar-refractivity contribution < 1.29 is 19.0 Å². The molecule has 140 valence electrons. The SMILES string of the molecule is Cc1ccc(OCCC2CN(C(=O)OC(C)(C)C)CCO2)cc1CN. The van der Waals surface area contributed by atoms with Gasteiger partial charge in [0.25, 0.3) is 0 Å². The lowest BCUT2D eigenvalue weighted by atomic mass is 10.1. The molecule has 1 amide bonds. The topological polar surface area (TPSA) is 74.0 Å². The number of nitrogens with two attached hydrogens (primary N) is 1. The van der Waals surface area contributed by atoms with Crippen LogP contribution in [0.4, 0.5) is 4.79 Å². The third-order valence-corrected chi connectivity index (χ3v) is 4.04. The van der Waals surface area contributed by atoms with Crippen LogP contribution in [0.3, 0.4) is 0 Å². The number of amides is 1. The molecule has 1 fully saturated rings. The van der Waals surface area contributed by atoms with Crippen LogP contribution in [0.25, 0.3) is 0 Å². The highest BCUT2D eigenvalue weighted by molar-refractivity contribution is 5.68. The van der Waals surface area contributed by atoms with Gasteiger partial charge in [-0.05, 0) is 51.0 Å². The van der Waals surface area contributed by atoms with E-state index < -0.39 is 5.60 Å².